The van der Waals surface area contributed by atoms with E-state index >= 15 is 0 Å². The van der Waals surface area contributed by atoms with Gasteiger partial charge in [-0.25, -0.2) is 4.79 Å². The highest BCUT2D eigenvalue weighted by Gasteiger charge is 2.21. The predicted molar refractivity (Wildman–Crippen MR) is 98.9 cm³/mol. The molecule has 3 aromatic rings. The molecule has 0 aliphatic heterocycles. The quantitative estimate of drug-likeness (QED) is 0.515. The molecule has 0 saturated carbocycles. The van der Waals surface area contributed by atoms with Crippen molar-refractivity contribution in [2.45, 2.75) is 20.8 Å². The molecule has 27 heavy (non-hydrogen) atoms. The molecule has 0 aliphatic rings. The van der Waals surface area contributed by atoms with Gasteiger partial charge in [0.15, 0.2) is 12.4 Å². The van der Waals surface area contributed by atoms with Gasteiger partial charge >= 0.3 is 5.97 Å². The highest BCUT2D eigenvalue weighted by Crippen LogP contribution is 2.20. The number of aromatic amines is 2. The molecule has 0 aliphatic carbocycles. The third kappa shape index (κ3) is 3.72. The summed E-state index contributed by atoms with van der Waals surface area (Å²) in [6.07, 6.45) is 0. The van der Waals surface area contributed by atoms with E-state index in [1.807, 2.05) is 30.3 Å². The van der Waals surface area contributed by atoms with E-state index in [9.17, 15) is 14.4 Å². The van der Waals surface area contributed by atoms with E-state index in [2.05, 4.69) is 15.2 Å². The zero-order valence-corrected chi connectivity index (χ0v) is 15.3. The average molecular weight is 365 g/mol. The number of Topliss-reactive ketones (excluding diaryl/α,β-unsaturated/α-hetero) is 2. The number of nitrogens with zero attached hydrogens (tertiary/aromatic N) is 1. The molecular weight excluding hydrogens is 346 g/mol. The fourth-order valence-electron chi connectivity index (χ4n) is 3.02. The first kappa shape index (κ1) is 18.3. The van der Waals surface area contributed by atoms with Gasteiger partial charge in [-0.15, -0.1) is 0 Å². The number of rotatable bonds is 6. The molecule has 3 rings (SSSR count). The minimum Gasteiger partial charge on any atom is -0.453 e. The maximum Gasteiger partial charge on any atom is 0.356 e. The SMILES string of the molecule is CC(=O)c1c(C)[nH]c(C(=O)COC(=O)c2cc(-c3ccccc3)n[nH]2)c1C. The Balaban J connectivity index is 1.68. The van der Waals surface area contributed by atoms with Gasteiger partial charge < -0.3 is 9.72 Å². The number of ether oxygens (including phenoxy) is 1. The van der Waals surface area contributed by atoms with Crippen molar-refractivity contribution in [3.8, 4) is 11.3 Å². The van der Waals surface area contributed by atoms with Gasteiger partial charge in [-0.2, -0.15) is 5.10 Å². The van der Waals surface area contributed by atoms with Crippen molar-refractivity contribution in [2.75, 3.05) is 6.61 Å². The van der Waals surface area contributed by atoms with Crippen LogP contribution in [-0.4, -0.2) is 39.3 Å². The molecule has 0 amide bonds. The molecule has 138 valence electrons. The third-order valence-corrected chi connectivity index (χ3v) is 4.27. The molecule has 0 atom stereocenters. The number of nitrogens with one attached hydrogen (secondary N) is 2. The van der Waals surface area contributed by atoms with Crippen LogP contribution in [0.15, 0.2) is 36.4 Å². The van der Waals surface area contributed by atoms with Crippen LogP contribution < -0.4 is 0 Å². The zero-order chi connectivity index (χ0) is 19.6. The van der Waals surface area contributed by atoms with Crippen LogP contribution in [0.2, 0.25) is 0 Å². The fraction of sp³-hybridized carbons (Fsp3) is 0.200. The number of H-pyrrole nitrogens is 2. The van der Waals surface area contributed by atoms with Crippen molar-refractivity contribution in [1.82, 2.24) is 15.2 Å². The molecule has 1 aromatic carbocycles. The first-order valence-electron chi connectivity index (χ1n) is 8.39. The van der Waals surface area contributed by atoms with Crippen molar-refractivity contribution in [2.24, 2.45) is 0 Å². The second-order valence-corrected chi connectivity index (χ2v) is 6.21. The number of hydrogen-bond acceptors (Lipinski definition) is 5. The summed E-state index contributed by atoms with van der Waals surface area (Å²) in [5, 5.41) is 6.71. The number of carbonyl (C=O) groups is 3. The lowest BCUT2D eigenvalue weighted by Gasteiger charge is -2.03. The number of aryl methyl sites for hydroxylation is 1. The van der Waals surface area contributed by atoms with E-state index in [0.717, 1.165) is 5.56 Å². The maximum atomic E-state index is 12.4. The molecular formula is C20H19N3O4. The highest BCUT2D eigenvalue weighted by atomic mass is 16.5. The monoisotopic (exact) mass is 365 g/mol. The lowest BCUT2D eigenvalue weighted by molar-refractivity contribution is 0.0467. The summed E-state index contributed by atoms with van der Waals surface area (Å²) in [6.45, 7) is 4.43. The summed E-state index contributed by atoms with van der Waals surface area (Å²) < 4.78 is 5.09. The molecule has 7 nitrogen and oxygen atoms in total. The van der Waals surface area contributed by atoms with E-state index in [0.29, 0.717) is 22.5 Å². The van der Waals surface area contributed by atoms with Gasteiger partial charge in [-0.05, 0) is 32.4 Å². The van der Waals surface area contributed by atoms with Crippen LogP contribution >= 0.6 is 0 Å². The van der Waals surface area contributed by atoms with E-state index < -0.39 is 18.4 Å². The Labute approximate surface area is 155 Å². The summed E-state index contributed by atoms with van der Waals surface area (Å²) in [5.41, 5.74) is 3.58. The molecule has 2 aromatic heterocycles. The van der Waals surface area contributed by atoms with Crippen LogP contribution in [0, 0.1) is 13.8 Å². The molecule has 0 radical (unpaired) electrons. The molecule has 0 spiro atoms. The Morgan fingerprint density at radius 1 is 1.11 bits per heavy atom. The fourth-order valence-corrected chi connectivity index (χ4v) is 3.02. The first-order valence-corrected chi connectivity index (χ1v) is 8.39. The average Bonchev–Trinajstić information content (AvgIpc) is 3.25. The second kappa shape index (κ2) is 7.41. The minimum atomic E-state index is -0.675. The van der Waals surface area contributed by atoms with Crippen molar-refractivity contribution >= 4 is 17.5 Å². The van der Waals surface area contributed by atoms with Crippen LogP contribution in [0.4, 0.5) is 0 Å². The number of hydrogen-bond donors (Lipinski definition) is 2. The predicted octanol–water partition coefficient (Wildman–Crippen LogP) is 3.26. The van der Waals surface area contributed by atoms with Gasteiger partial charge in [-0.3, -0.25) is 14.7 Å². The Hall–Kier alpha value is -3.48. The van der Waals surface area contributed by atoms with Crippen molar-refractivity contribution in [1.29, 1.82) is 0 Å². The van der Waals surface area contributed by atoms with E-state index in [-0.39, 0.29) is 17.2 Å². The highest BCUT2D eigenvalue weighted by molar-refractivity contribution is 6.04. The largest absolute Gasteiger partial charge is 0.453 e. The van der Waals surface area contributed by atoms with Crippen LogP contribution in [-0.2, 0) is 4.74 Å². The second-order valence-electron chi connectivity index (χ2n) is 6.21. The maximum absolute atomic E-state index is 12.4. The van der Waals surface area contributed by atoms with E-state index in [4.69, 9.17) is 4.74 Å². The normalized spacial score (nSPS) is 10.6. The van der Waals surface area contributed by atoms with Crippen molar-refractivity contribution in [3.63, 3.8) is 0 Å². The Morgan fingerprint density at radius 3 is 2.44 bits per heavy atom. The number of esters is 1. The minimum absolute atomic E-state index is 0.122. The van der Waals surface area contributed by atoms with Crippen LogP contribution in [0.5, 0.6) is 0 Å². The van der Waals surface area contributed by atoms with Crippen molar-refractivity contribution in [3.05, 3.63) is 64.6 Å². The van der Waals surface area contributed by atoms with Crippen LogP contribution in [0.25, 0.3) is 11.3 Å². The summed E-state index contributed by atoms with van der Waals surface area (Å²) in [4.78, 5) is 39.1. The molecule has 0 fully saturated rings. The zero-order valence-electron chi connectivity index (χ0n) is 15.3. The number of aromatic nitrogens is 3. The lowest BCUT2D eigenvalue weighted by atomic mass is 10.1. The topological polar surface area (TPSA) is 105 Å². The molecule has 2 N–H and O–H groups in total. The third-order valence-electron chi connectivity index (χ3n) is 4.27. The Kier molecular flexibility index (Phi) is 5.03. The Bertz CT molecular complexity index is 1020. The van der Waals surface area contributed by atoms with Crippen LogP contribution in [0.3, 0.4) is 0 Å². The number of carbonyl (C=O) groups excluding carboxylic acids is 3. The van der Waals surface area contributed by atoms with Crippen molar-refractivity contribution < 1.29 is 19.1 Å². The Morgan fingerprint density at radius 2 is 1.81 bits per heavy atom. The molecule has 0 bridgehead atoms. The first-order chi connectivity index (χ1) is 12.9. The smallest absolute Gasteiger partial charge is 0.356 e. The molecule has 7 heteroatoms. The summed E-state index contributed by atoms with van der Waals surface area (Å²) in [6, 6.07) is 10.9. The van der Waals surface area contributed by atoms with Gasteiger partial charge in [0.2, 0.25) is 5.78 Å². The van der Waals surface area contributed by atoms with Crippen LogP contribution in [0.1, 0.15) is 49.5 Å². The van der Waals surface area contributed by atoms with Gasteiger partial charge in [0.25, 0.3) is 0 Å². The van der Waals surface area contributed by atoms with Gasteiger partial charge in [0, 0.05) is 16.8 Å². The summed E-state index contributed by atoms with van der Waals surface area (Å²) >= 11 is 0. The summed E-state index contributed by atoms with van der Waals surface area (Å²) in [5.74, 6) is -1.20. The molecule has 0 saturated heterocycles. The number of ketones is 2. The number of benzene rings is 1. The van der Waals surface area contributed by atoms with E-state index in [1.54, 1.807) is 19.9 Å². The van der Waals surface area contributed by atoms with Gasteiger partial charge in [0.05, 0.1) is 11.4 Å². The van der Waals surface area contributed by atoms with Gasteiger partial charge in [0.1, 0.15) is 5.69 Å². The standard InChI is InChI=1S/C20H19N3O4/c1-11-18(13(3)24)12(2)21-19(11)17(25)10-27-20(26)16-9-15(22-23-16)14-7-5-4-6-8-14/h4-9,21H,10H2,1-3H3,(H,22,23). The van der Waals surface area contributed by atoms with E-state index in [1.165, 1.54) is 6.92 Å². The molecule has 2 heterocycles. The molecule has 0 unspecified atom stereocenters. The lowest BCUT2D eigenvalue weighted by Crippen LogP contribution is -2.15. The summed E-state index contributed by atoms with van der Waals surface area (Å²) in [7, 11) is 0. The van der Waals surface area contributed by atoms with Gasteiger partial charge in [-0.1, -0.05) is 30.3 Å².